The van der Waals surface area contributed by atoms with Gasteiger partial charge in [-0.05, 0) is 39.2 Å². The lowest BCUT2D eigenvalue weighted by Gasteiger charge is -2.24. The summed E-state index contributed by atoms with van der Waals surface area (Å²) < 4.78 is 1.97. The molecule has 0 aliphatic carbocycles. The quantitative estimate of drug-likeness (QED) is 0.895. The van der Waals surface area contributed by atoms with E-state index in [1.165, 1.54) is 0 Å². The van der Waals surface area contributed by atoms with Crippen molar-refractivity contribution in [3.05, 3.63) is 18.0 Å². The average molecular weight is 249 g/mol. The first-order valence-corrected chi connectivity index (χ1v) is 6.83. The lowest BCUT2D eigenvalue weighted by Crippen LogP contribution is -2.36. The number of likely N-dealkylation sites (tertiary alicyclic amines) is 1. The number of aromatic nitrogens is 1. The Bertz CT molecular complexity index is 436. The zero-order valence-corrected chi connectivity index (χ0v) is 11.5. The van der Waals surface area contributed by atoms with Crippen LogP contribution in [0.3, 0.4) is 0 Å². The Balaban J connectivity index is 2.28. The number of hydrogen-bond donors (Lipinski definition) is 1. The molecule has 0 aromatic carbocycles. The summed E-state index contributed by atoms with van der Waals surface area (Å²) in [5.41, 5.74) is 7.22. The number of hydrogen-bond acceptors (Lipinski definition) is 2. The first-order valence-electron chi connectivity index (χ1n) is 6.83. The summed E-state index contributed by atoms with van der Waals surface area (Å²) in [6.07, 6.45) is 5.13. The van der Waals surface area contributed by atoms with Gasteiger partial charge in [-0.25, -0.2) is 0 Å². The van der Waals surface area contributed by atoms with Gasteiger partial charge in [0, 0.05) is 24.8 Å². The minimum absolute atomic E-state index is 0.129. The normalized spacial score (nSPS) is 19.8. The van der Waals surface area contributed by atoms with Crippen LogP contribution in [0.25, 0.3) is 0 Å². The van der Waals surface area contributed by atoms with Crippen LogP contribution in [0.2, 0.25) is 0 Å². The molecule has 1 amide bonds. The van der Waals surface area contributed by atoms with E-state index in [9.17, 15) is 4.79 Å². The van der Waals surface area contributed by atoms with Gasteiger partial charge in [0.25, 0.3) is 5.91 Å². The molecule has 1 aromatic heterocycles. The molecule has 4 nitrogen and oxygen atoms in total. The van der Waals surface area contributed by atoms with E-state index in [1.807, 2.05) is 15.7 Å². The minimum Gasteiger partial charge on any atom is -0.397 e. The molecule has 0 bridgehead atoms. The molecule has 100 valence electrons. The standard InChI is InChI=1S/C14H23N3O/c1-4-12-6-5-7-16(12)14(18)13-8-11(15)9-17(13)10(2)3/h8-10,12H,4-7,15H2,1-3H3. The number of nitrogens with two attached hydrogens (primary N) is 1. The second-order valence-electron chi connectivity index (χ2n) is 5.36. The van der Waals surface area contributed by atoms with Crippen LogP contribution >= 0.6 is 0 Å². The van der Waals surface area contributed by atoms with Crippen LogP contribution in [0, 0.1) is 0 Å². The third-order valence-corrected chi connectivity index (χ3v) is 3.75. The van der Waals surface area contributed by atoms with E-state index in [0.29, 0.717) is 11.7 Å². The van der Waals surface area contributed by atoms with Gasteiger partial charge in [-0.3, -0.25) is 4.79 Å². The first-order chi connectivity index (χ1) is 8.54. The second kappa shape index (κ2) is 5.04. The summed E-state index contributed by atoms with van der Waals surface area (Å²) in [7, 11) is 0. The molecule has 1 aliphatic heterocycles. The molecule has 1 saturated heterocycles. The van der Waals surface area contributed by atoms with Crippen molar-refractivity contribution < 1.29 is 4.79 Å². The van der Waals surface area contributed by atoms with E-state index in [4.69, 9.17) is 5.73 Å². The van der Waals surface area contributed by atoms with Gasteiger partial charge >= 0.3 is 0 Å². The zero-order valence-electron chi connectivity index (χ0n) is 11.5. The summed E-state index contributed by atoms with van der Waals surface area (Å²) in [5.74, 6) is 0.129. The molecule has 18 heavy (non-hydrogen) atoms. The van der Waals surface area contributed by atoms with Crippen molar-refractivity contribution in [1.82, 2.24) is 9.47 Å². The molecule has 0 saturated carbocycles. The predicted molar refractivity (Wildman–Crippen MR) is 73.6 cm³/mol. The van der Waals surface area contributed by atoms with E-state index in [1.54, 1.807) is 6.07 Å². The van der Waals surface area contributed by atoms with Crippen LogP contribution in [0.1, 0.15) is 56.6 Å². The molecule has 1 atom stereocenters. The number of carbonyl (C=O) groups is 1. The summed E-state index contributed by atoms with van der Waals surface area (Å²) in [5, 5.41) is 0. The second-order valence-corrected chi connectivity index (χ2v) is 5.36. The Kier molecular flexibility index (Phi) is 3.64. The average Bonchev–Trinajstić information content (AvgIpc) is 2.93. The highest BCUT2D eigenvalue weighted by Crippen LogP contribution is 2.25. The largest absolute Gasteiger partial charge is 0.397 e. The topological polar surface area (TPSA) is 51.3 Å². The van der Waals surface area contributed by atoms with E-state index in [0.717, 1.165) is 31.5 Å². The molecule has 2 heterocycles. The van der Waals surface area contributed by atoms with Gasteiger partial charge in [0.2, 0.25) is 0 Å². The monoisotopic (exact) mass is 249 g/mol. The van der Waals surface area contributed by atoms with Crippen LogP contribution in [0.15, 0.2) is 12.3 Å². The van der Waals surface area contributed by atoms with Crippen molar-refractivity contribution in [3.63, 3.8) is 0 Å². The highest BCUT2D eigenvalue weighted by molar-refractivity contribution is 5.94. The number of rotatable bonds is 3. The number of nitrogens with zero attached hydrogens (tertiary/aromatic N) is 2. The molecule has 0 radical (unpaired) electrons. The van der Waals surface area contributed by atoms with Crippen molar-refractivity contribution in [2.45, 2.75) is 52.1 Å². The Morgan fingerprint density at radius 3 is 2.89 bits per heavy atom. The van der Waals surface area contributed by atoms with Gasteiger partial charge in [-0.1, -0.05) is 6.92 Å². The Hall–Kier alpha value is -1.45. The van der Waals surface area contributed by atoms with Crippen molar-refractivity contribution in [2.24, 2.45) is 0 Å². The Morgan fingerprint density at radius 2 is 2.28 bits per heavy atom. The highest BCUT2D eigenvalue weighted by Gasteiger charge is 2.30. The SMILES string of the molecule is CCC1CCCN1C(=O)c1cc(N)cn1C(C)C. The smallest absolute Gasteiger partial charge is 0.270 e. The lowest BCUT2D eigenvalue weighted by atomic mass is 10.1. The fourth-order valence-electron chi connectivity index (χ4n) is 2.77. The van der Waals surface area contributed by atoms with Gasteiger partial charge in [-0.15, -0.1) is 0 Å². The molecule has 1 aliphatic rings. The third kappa shape index (κ3) is 2.24. The van der Waals surface area contributed by atoms with Crippen molar-refractivity contribution in [1.29, 1.82) is 0 Å². The Labute approximate surface area is 109 Å². The zero-order chi connectivity index (χ0) is 13.3. The van der Waals surface area contributed by atoms with Crippen LogP contribution in [-0.4, -0.2) is 28.0 Å². The number of carbonyl (C=O) groups excluding carboxylic acids is 1. The van der Waals surface area contributed by atoms with E-state index >= 15 is 0 Å². The van der Waals surface area contributed by atoms with Gasteiger partial charge in [0.1, 0.15) is 5.69 Å². The number of amides is 1. The molecule has 1 aromatic rings. The van der Waals surface area contributed by atoms with E-state index in [2.05, 4.69) is 20.8 Å². The van der Waals surface area contributed by atoms with Crippen LogP contribution in [-0.2, 0) is 0 Å². The molecular formula is C14H23N3O. The van der Waals surface area contributed by atoms with Gasteiger partial charge < -0.3 is 15.2 Å². The maximum Gasteiger partial charge on any atom is 0.270 e. The first kappa shape index (κ1) is 13.0. The fourth-order valence-corrected chi connectivity index (χ4v) is 2.77. The van der Waals surface area contributed by atoms with Gasteiger partial charge in [-0.2, -0.15) is 0 Å². The van der Waals surface area contributed by atoms with Crippen LogP contribution in [0.5, 0.6) is 0 Å². The Morgan fingerprint density at radius 1 is 1.56 bits per heavy atom. The molecule has 2 rings (SSSR count). The molecular weight excluding hydrogens is 226 g/mol. The summed E-state index contributed by atoms with van der Waals surface area (Å²) >= 11 is 0. The number of anilines is 1. The summed E-state index contributed by atoms with van der Waals surface area (Å²) in [4.78, 5) is 14.6. The molecule has 4 heteroatoms. The summed E-state index contributed by atoms with van der Waals surface area (Å²) in [6.45, 7) is 7.15. The number of nitrogen functional groups attached to an aromatic ring is 1. The maximum absolute atomic E-state index is 12.6. The third-order valence-electron chi connectivity index (χ3n) is 3.75. The van der Waals surface area contributed by atoms with Crippen molar-refractivity contribution >= 4 is 11.6 Å². The van der Waals surface area contributed by atoms with Gasteiger partial charge in [0.05, 0.1) is 5.69 Å². The summed E-state index contributed by atoms with van der Waals surface area (Å²) in [6, 6.07) is 2.45. The van der Waals surface area contributed by atoms with Crippen LogP contribution in [0.4, 0.5) is 5.69 Å². The minimum atomic E-state index is 0.129. The van der Waals surface area contributed by atoms with Crippen molar-refractivity contribution in [2.75, 3.05) is 12.3 Å². The van der Waals surface area contributed by atoms with Gasteiger partial charge in [0.15, 0.2) is 0 Å². The fraction of sp³-hybridized carbons (Fsp3) is 0.643. The highest BCUT2D eigenvalue weighted by atomic mass is 16.2. The maximum atomic E-state index is 12.6. The van der Waals surface area contributed by atoms with E-state index < -0.39 is 0 Å². The molecule has 1 unspecified atom stereocenters. The molecule has 2 N–H and O–H groups in total. The van der Waals surface area contributed by atoms with E-state index in [-0.39, 0.29) is 11.9 Å². The van der Waals surface area contributed by atoms with Crippen molar-refractivity contribution in [3.8, 4) is 0 Å². The molecule has 1 fully saturated rings. The lowest BCUT2D eigenvalue weighted by molar-refractivity contribution is 0.0721. The predicted octanol–water partition coefficient (Wildman–Crippen LogP) is 2.67. The van der Waals surface area contributed by atoms with Crippen LogP contribution < -0.4 is 5.73 Å². The molecule has 0 spiro atoms.